The van der Waals surface area contributed by atoms with Crippen LogP contribution in [-0.4, -0.2) is 36.1 Å². The number of carbonyl (C=O) groups is 1. The molecule has 2 aromatic rings. The van der Waals surface area contributed by atoms with Crippen molar-refractivity contribution >= 4 is 40.2 Å². The number of amides is 1. The van der Waals surface area contributed by atoms with Crippen molar-refractivity contribution in [3.8, 4) is 17.6 Å². The number of nitrogens with one attached hydrogen (secondary N) is 1. The van der Waals surface area contributed by atoms with Crippen molar-refractivity contribution < 1.29 is 14.3 Å². The minimum atomic E-state index is -0.542. The predicted molar refractivity (Wildman–Crippen MR) is 98.1 cm³/mol. The zero-order valence-corrected chi connectivity index (χ0v) is 15.5. The van der Waals surface area contributed by atoms with Crippen LogP contribution in [0.25, 0.3) is 6.08 Å². The first kappa shape index (κ1) is 18.8. The van der Waals surface area contributed by atoms with Crippen LogP contribution in [-0.2, 0) is 4.79 Å². The van der Waals surface area contributed by atoms with Crippen LogP contribution < -0.4 is 14.8 Å². The number of hydrogen-bond donors (Lipinski definition) is 1. The summed E-state index contributed by atoms with van der Waals surface area (Å²) in [5.74, 6) is 0.588. The van der Waals surface area contributed by atoms with E-state index in [-0.39, 0.29) is 5.57 Å². The van der Waals surface area contributed by atoms with Gasteiger partial charge >= 0.3 is 0 Å². The fraction of sp³-hybridized carbons (Fsp3) is 0.250. The number of carbonyl (C=O) groups excluding carboxylic acids is 1. The third-order valence-corrected chi connectivity index (χ3v) is 4.78. The Balaban J connectivity index is 2.21. The van der Waals surface area contributed by atoms with Gasteiger partial charge in [0, 0.05) is 0 Å². The molecule has 1 aromatic heterocycles. The molecule has 9 heteroatoms. The molecule has 0 aliphatic rings. The van der Waals surface area contributed by atoms with Crippen molar-refractivity contribution in [3.05, 3.63) is 29.3 Å². The number of anilines is 1. The minimum absolute atomic E-state index is 0.0490. The summed E-state index contributed by atoms with van der Waals surface area (Å²) >= 11 is 2.68. The van der Waals surface area contributed by atoms with Crippen LogP contribution in [0.15, 0.2) is 28.1 Å². The molecule has 1 N–H and O–H groups in total. The van der Waals surface area contributed by atoms with E-state index in [1.807, 2.05) is 19.2 Å². The molecule has 0 saturated carbocycles. The summed E-state index contributed by atoms with van der Waals surface area (Å²) in [4.78, 5) is 12.2. The molecular weight excluding hydrogens is 360 g/mol. The summed E-state index contributed by atoms with van der Waals surface area (Å²) in [5, 5.41) is 19.9. The second-order valence-corrected chi connectivity index (χ2v) is 6.58. The quantitative estimate of drug-likeness (QED) is 0.343. The highest BCUT2D eigenvalue weighted by Crippen LogP contribution is 2.29. The molecule has 0 unspecified atom stereocenters. The minimum Gasteiger partial charge on any atom is -0.493 e. The number of benzene rings is 1. The molecular formula is C16H16N4O3S2. The lowest BCUT2D eigenvalue weighted by Gasteiger charge is -2.09. The van der Waals surface area contributed by atoms with Gasteiger partial charge in [-0.05, 0) is 37.0 Å². The topological polar surface area (TPSA) is 97.1 Å². The molecule has 130 valence electrons. The number of rotatable bonds is 7. The zero-order valence-electron chi connectivity index (χ0n) is 13.9. The van der Waals surface area contributed by atoms with E-state index in [4.69, 9.17) is 9.47 Å². The lowest BCUT2D eigenvalue weighted by atomic mass is 10.1. The Labute approximate surface area is 153 Å². The second kappa shape index (κ2) is 9.05. The van der Waals surface area contributed by atoms with Crippen molar-refractivity contribution in [1.29, 1.82) is 5.26 Å². The number of aromatic nitrogens is 2. The van der Waals surface area contributed by atoms with Crippen molar-refractivity contribution in [1.82, 2.24) is 10.2 Å². The first-order chi connectivity index (χ1) is 12.1. The highest BCUT2D eigenvalue weighted by molar-refractivity contribution is 8.00. The number of nitriles is 1. The Morgan fingerprint density at radius 1 is 1.44 bits per heavy atom. The summed E-state index contributed by atoms with van der Waals surface area (Å²) in [5.41, 5.74) is 0.598. The molecule has 2 rings (SSSR count). The maximum absolute atomic E-state index is 12.2. The monoisotopic (exact) mass is 376 g/mol. The Bertz CT molecular complexity index is 827. The van der Waals surface area contributed by atoms with Crippen LogP contribution in [0.2, 0.25) is 0 Å². The van der Waals surface area contributed by atoms with Crippen LogP contribution >= 0.6 is 23.1 Å². The van der Waals surface area contributed by atoms with Crippen LogP contribution in [0, 0.1) is 11.3 Å². The molecule has 7 nitrogen and oxygen atoms in total. The Morgan fingerprint density at radius 3 is 2.84 bits per heavy atom. The SMILES string of the molecule is CCOc1ccc(/C=C(\C#N)C(=O)Nc2nnc(SC)s2)cc1OC. The van der Waals surface area contributed by atoms with E-state index in [1.54, 1.807) is 18.2 Å². The van der Waals surface area contributed by atoms with Crippen LogP contribution in [0.3, 0.4) is 0 Å². The summed E-state index contributed by atoms with van der Waals surface area (Å²) < 4.78 is 11.4. The molecule has 1 heterocycles. The molecule has 1 amide bonds. The lowest BCUT2D eigenvalue weighted by Crippen LogP contribution is -2.13. The van der Waals surface area contributed by atoms with E-state index < -0.39 is 5.91 Å². The zero-order chi connectivity index (χ0) is 18.2. The van der Waals surface area contributed by atoms with Gasteiger partial charge in [-0.1, -0.05) is 29.2 Å². The summed E-state index contributed by atoms with van der Waals surface area (Å²) in [7, 11) is 1.53. The Hall–Kier alpha value is -2.57. The first-order valence-electron chi connectivity index (χ1n) is 7.22. The molecule has 0 radical (unpaired) electrons. The first-order valence-corrected chi connectivity index (χ1v) is 9.26. The maximum Gasteiger partial charge on any atom is 0.268 e. The van der Waals surface area contributed by atoms with Gasteiger partial charge in [0.1, 0.15) is 11.6 Å². The van der Waals surface area contributed by atoms with Gasteiger partial charge < -0.3 is 9.47 Å². The highest BCUT2D eigenvalue weighted by Gasteiger charge is 2.13. The van der Waals surface area contributed by atoms with Gasteiger partial charge in [-0.3, -0.25) is 10.1 Å². The van der Waals surface area contributed by atoms with Crippen molar-refractivity contribution in [2.45, 2.75) is 11.3 Å². The lowest BCUT2D eigenvalue weighted by molar-refractivity contribution is -0.112. The van der Waals surface area contributed by atoms with Crippen molar-refractivity contribution in [2.24, 2.45) is 0 Å². The number of thioether (sulfide) groups is 1. The average molecular weight is 376 g/mol. The third-order valence-electron chi connectivity index (χ3n) is 2.97. The summed E-state index contributed by atoms with van der Waals surface area (Å²) in [6, 6.07) is 7.08. The average Bonchev–Trinajstić information content (AvgIpc) is 3.08. The van der Waals surface area contributed by atoms with Gasteiger partial charge in [-0.15, -0.1) is 10.2 Å². The van der Waals surface area contributed by atoms with Crippen LogP contribution in [0.5, 0.6) is 11.5 Å². The molecule has 0 aliphatic carbocycles. The van der Waals surface area contributed by atoms with E-state index in [9.17, 15) is 10.1 Å². The molecule has 25 heavy (non-hydrogen) atoms. The van der Waals surface area contributed by atoms with Gasteiger partial charge in [0.25, 0.3) is 5.91 Å². The van der Waals surface area contributed by atoms with E-state index in [0.29, 0.717) is 28.8 Å². The highest BCUT2D eigenvalue weighted by atomic mass is 32.2. The third kappa shape index (κ3) is 4.95. The molecule has 0 spiro atoms. The number of hydrogen-bond acceptors (Lipinski definition) is 8. The van der Waals surface area contributed by atoms with E-state index in [2.05, 4.69) is 15.5 Å². The number of nitrogens with zero attached hydrogens (tertiary/aromatic N) is 3. The van der Waals surface area contributed by atoms with Crippen LogP contribution in [0.1, 0.15) is 12.5 Å². The fourth-order valence-corrected chi connectivity index (χ4v) is 3.04. The van der Waals surface area contributed by atoms with Crippen molar-refractivity contribution in [3.63, 3.8) is 0 Å². The number of ether oxygens (including phenoxy) is 2. The van der Waals surface area contributed by atoms with Gasteiger partial charge in [0.2, 0.25) is 5.13 Å². The standard InChI is InChI=1S/C16H16N4O3S2/c1-4-23-12-6-5-10(8-13(12)22-2)7-11(9-17)14(21)18-15-19-20-16(24-3)25-15/h5-8H,4H2,1-3H3,(H,18,19,21)/b11-7+. The molecule has 0 atom stereocenters. The molecule has 0 saturated heterocycles. The molecule has 0 fully saturated rings. The smallest absolute Gasteiger partial charge is 0.268 e. The van der Waals surface area contributed by atoms with Crippen molar-refractivity contribution in [2.75, 3.05) is 25.3 Å². The fourth-order valence-electron chi connectivity index (χ4n) is 1.87. The summed E-state index contributed by atoms with van der Waals surface area (Å²) in [6.45, 7) is 2.39. The predicted octanol–water partition coefficient (Wildman–Crippen LogP) is 3.21. The Kier molecular flexibility index (Phi) is 6.80. The van der Waals surface area contributed by atoms with Gasteiger partial charge in [-0.2, -0.15) is 5.26 Å². The maximum atomic E-state index is 12.2. The van der Waals surface area contributed by atoms with Crippen LogP contribution in [0.4, 0.5) is 5.13 Å². The molecule has 0 bridgehead atoms. The van der Waals surface area contributed by atoms with E-state index in [0.717, 1.165) is 4.34 Å². The normalized spacial score (nSPS) is 10.9. The second-order valence-electron chi connectivity index (χ2n) is 4.54. The largest absolute Gasteiger partial charge is 0.493 e. The Morgan fingerprint density at radius 2 is 2.24 bits per heavy atom. The van der Waals surface area contributed by atoms with E-state index in [1.165, 1.54) is 36.3 Å². The van der Waals surface area contributed by atoms with Gasteiger partial charge in [0.05, 0.1) is 13.7 Å². The van der Waals surface area contributed by atoms with Gasteiger partial charge in [-0.25, -0.2) is 0 Å². The van der Waals surface area contributed by atoms with Gasteiger partial charge in [0.15, 0.2) is 15.8 Å². The molecule has 0 aliphatic heterocycles. The molecule has 1 aromatic carbocycles. The summed E-state index contributed by atoms with van der Waals surface area (Å²) in [6.07, 6.45) is 3.34. The van der Waals surface area contributed by atoms with E-state index >= 15 is 0 Å². The number of methoxy groups -OCH3 is 1.